The van der Waals surface area contributed by atoms with E-state index in [0.29, 0.717) is 39.6 Å². The number of nitrogens with one attached hydrogen (secondary N) is 2. The predicted octanol–water partition coefficient (Wildman–Crippen LogP) is 4.72. The van der Waals surface area contributed by atoms with Crippen LogP contribution in [0.1, 0.15) is 5.56 Å². The summed E-state index contributed by atoms with van der Waals surface area (Å²) in [6.07, 6.45) is 1.43. The number of halogens is 2. The number of benzene rings is 2. The molecular formula is C17H15Cl2N5. The van der Waals surface area contributed by atoms with E-state index in [9.17, 15) is 0 Å². The third-order valence-corrected chi connectivity index (χ3v) is 3.93. The molecule has 0 aliphatic rings. The summed E-state index contributed by atoms with van der Waals surface area (Å²) in [6, 6.07) is 15.1. The first-order chi connectivity index (χ1) is 11.6. The van der Waals surface area contributed by atoms with Crippen LogP contribution in [0.3, 0.4) is 0 Å². The van der Waals surface area contributed by atoms with E-state index in [2.05, 4.69) is 20.6 Å². The van der Waals surface area contributed by atoms with Crippen molar-refractivity contribution in [1.29, 1.82) is 0 Å². The molecule has 1 heterocycles. The number of hydrogen-bond acceptors (Lipinski definition) is 5. The number of rotatable bonds is 5. The lowest BCUT2D eigenvalue weighted by Crippen LogP contribution is -2.08. The Balaban J connectivity index is 1.79. The van der Waals surface area contributed by atoms with Crippen LogP contribution in [0.15, 0.2) is 54.9 Å². The van der Waals surface area contributed by atoms with Gasteiger partial charge in [-0.15, -0.1) is 0 Å². The highest BCUT2D eigenvalue weighted by atomic mass is 35.5. The highest BCUT2D eigenvalue weighted by Gasteiger charge is 2.10. The van der Waals surface area contributed by atoms with Crippen molar-refractivity contribution in [3.8, 4) is 0 Å². The quantitative estimate of drug-likeness (QED) is 0.614. The lowest BCUT2D eigenvalue weighted by Gasteiger charge is -2.13. The van der Waals surface area contributed by atoms with Crippen LogP contribution in [0, 0.1) is 0 Å². The fourth-order valence-corrected chi connectivity index (χ4v) is 2.48. The molecule has 2 aromatic carbocycles. The summed E-state index contributed by atoms with van der Waals surface area (Å²) >= 11 is 12.2. The number of anilines is 4. The van der Waals surface area contributed by atoms with E-state index in [1.54, 1.807) is 18.2 Å². The molecule has 0 saturated carbocycles. The van der Waals surface area contributed by atoms with Crippen molar-refractivity contribution in [2.45, 2.75) is 6.54 Å². The molecule has 0 radical (unpaired) electrons. The van der Waals surface area contributed by atoms with Gasteiger partial charge in [0.25, 0.3) is 0 Å². The minimum absolute atomic E-state index is 0.407. The predicted molar refractivity (Wildman–Crippen MR) is 100.0 cm³/mol. The normalized spacial score (nSPS) is 10.4. The Labute approximate surface area is 149 Å². The number of nitrogens with two attached hydrogens (primary N) is 1. The summed E-state index contributed by atoms with van der Waals surface area (Å²) in [6.45, 7) is 0.611. The third-order valence-electron chi connectivity index (χ3n) is 3.37. The fraction of sp³-hybridized carbons (Fsp3) is 0.0588. The Morgan fingerprint density at radius 1 is 0.958 bits per heavy atom. The average Bonchev–Trinajstić information content (AvgIpc) is 2.60. The molecule has 0 saturated heterocycles. The maximum Gasteiger partial charge on any atom is 0.159 e. The monoisotopic (exact) mass is 359 g/mol. The van der Waals surface area contributed by atoms with E-state index in [4.69, 9.17) is 28.9 Å². The summed E-state index contributed by atoms with van der Waals surface area (Å²) in [5.41, 5.74) is 8.32. The highest BCUT2D eigenvalue weighted by molar-refractivity contribution is 6.35. The molecule has 1 aromatic heterocycles. The van der Waals surface area contributed by atoms with Crippen molar-refractivity contribution in [3.63, 3.8) is 0 Å². The molecular weight excluding hydrogens is 345 g/mol. The second-order valence-corrected chi connectivity index (χ2v) is 5.92. The van der Waals surface area contributed by atoms with Gasteiger partial charge in [-0.25, -0.2) is 9.97 Å². The number of hydrogen-bond donors (Lipinski definition) is 3. The molecule has 24 heavy (non-hydrogen) atoms. The molecule has 0 unspecified atom stereocenters. The van der Waals surface area contributed by atoms with Crippen LogP contribution < -0.4 is 16.4 Å². The van der Waals surface area contributed by atoms with Gasteiger partial charge in [0.1, 0.15) is 12.0 Å². The Kier molecular flexibility index (Phi) is 5.03. The Morgan fingerprint density at radius 2 is 1.71 bits per heavy atom. The first kappa shape index (κ1) is 16.4. The molecule has 0 aliphatic carbocycles. The van der Waals surface area contributed by atoms with Crippen molar-refractivity contribution in [1.82, 2.24) is 9.97 Å². The largest absolute Gasteiger partial charge is 0.393 e. The molecule has 3 rings (SSSR count). The molecule has 3 aromatic rings. The minimum Gasteiger partial charge on any atom is -0.393 e. The first-order valence-corrected chi connectivity index (χ1v) is 7.99. The zero-order valence-corrected chi connectivity index (χ0v) is 14.1. The molecule has 4 N–H and O–H groups in total. The van der Waals surface area contributed by atoms with E-state index in [1.165, 1.54) is 6.33 Å². The molecule has 0 amide bonds. The molecule has 0 aliphatic heterocycles. The lowest BCUT2D eigenvalue weighted by molar-refractivity contribution is 1.09. The van der Waals surface area contributed by atoms with Gasteiger partial charge in [0.2, 0.25) is 0 Å². The zero-order valence-electron chi connectivity index (χ0n) is 12.6. The number of nitrogen functional groups attached to an aromatic ring is 1. The van der Waals surface area contributed by atoms with E-state index in [1.807, 2.05) is 30.3 Å². The van der Waals surface area contributed by atoms with Crippen LogP contribution in [0.5, 0.6) is 0 Å². The van der Waals surface area contributed by atoms with Gasteiger partial charge < -0.3 is 16.4 Å². The molecule has 122 valence electrons. The summed E-state index contributed by atoms with van der Waals surface area (Å²) in [5.74, 6) is 1.01. The SMILES string of the molecule is Nc1c(NCc2ccccc2)ncnc1Nc1cc(Cl)ccc1Cl. The van der Waals surface area contributed by atoms with Crippen LogP contribution in [0.2, 0.25) is 10.0 Å². The van der Waals surface area contributed by atoms with Gasteiger partial charge in [-0.2, -0.15) is 0 Å². The van der Waals surface area contributed by atoms with Gasteiger partial charge in [0.15, 0.2) is 11.6 Å². The number of aromatic nitrogens is 2. The Hall–Kier alpha value is -2.50. The minimum atomic E-state index is 0.407. The van der Waals surface area contributed by atoms with Crippen molar-refractivity contribution in [2.24, 2.45) is 0 Å². The summed E-state index contributed by atoms with van der Waals surface area (Å²) < 4.78 is 0. The summed E-state index contributed by atoms with van der Waals surface area (Å²) in [5, 5.41) is 7.38. The second-order valence-electron chi connectivity index (χ2n) is 5.07. The molecule has 0 fully saturated rings. The third kappa shape index (κ3) is 3.88. The van der Waals surface area contributed by atoms with E-state index >= 15 is 0 Å². The van der Waals surface area contributed by atoms with Gasteiger partial charge in [-0.05, 0) is 23.8 Å². The molecule has 5 nitrogen and oxygen atoms in total. The lowest BCUT2D eigenvalue weighted by atomic mass is 10.2. The van der Waals surface area contributed by atoms with Crippen molar-refractivity contribution in [2.75, 3.05) is 16.4 Å². The first-order valence-electron chi connectivity index (χ1n) is 7.24. The van der Waals surface area contributed by atoms with E-state index in [0.717, 1.165) is 5.56 Å². The maximum atomic E-state index is 6.16. The van der Waals surface area contributed by atoms with E-state index in [-0.39, 0.29) is 0 Å². The second kappa shape index (κ2) is 7.38. The van der Waals surface area contributed by atoms with Gasteiger partial charge in [0.05, 0.1) is 10.7 Å². The smallest absolute Gasteiger partial charge is 0.159 e. The maximum absolute atomic E-state index is 6.16. The zero-order chi connectivity index (χ0) is 16.9. The van der Waals surface area contributed by atoms with Crippen LogP contribution in [-0.2, 0) is 6.54 Å². The van der Waals surface area contributed by atoms with Crippen molar-refractivity contribution >= 4 is 46.2 Å². The van der Waals surface area contributed by atoms with Gasteiger partial charge >= 0.3 is 0 Å². The van der Waals surface area contributed by atoms with Crippen molar-refractivity contribution < 1.29 is 0 Å². The Bertz CT molecular complexity index is 840. The summed E-state index contributed by atoms with van der Waals surface area (Å²) in [4.78, 5) is 8.36. The topological polar surface area (TPSA) is 75.9 Å². The van der Waals surface area contributed by atoms with Gasteiger partial charge in [-0.3, -0.25) is 0 Å². The van der Waals surface area contributed by atoms with Crippen LogP contribution in [0.25, 0.3) is 0 Å². The molecule has 0 bridgehead atoms. The van der Waals surface area contributed by atoms with E-state index < -0.39 is 0 Å². The Morgan fingerprint density at radius 3 is 2.50 bits per heavy atom. The summed E-state index contributed by atoms with van der Waals surface area (Å²) in [7, 11) is 0. The van der Waals surface area contributed by atoms with Crippen LogP contribution in [0.4, 0.5) is 23.0 Å². The van der Waals surface area contributed by atoms with Crippen LogP contribution >= 0.6 is 23.2 Å². The molecule has 0 spiro atoms. The van der Waals surface area contributed by atoms with Gasteiger partial charge in [-0.1, -0.05) is 53.5 Å². The fourth-order valence-electron chi connectivity index (χ4n) is 2.14. The van der Waals surface area contributed by atoms with Gasteiger partial charge in [0, 0.05) is 11.6 Å². The molecule has 0 atom stereocenters. The van der Waals surface area contributed by atoms with Crippen molar-refractivity contribution in [3.05, 3.63) is 70.5 Å². The average molecular weight is 360 g/mol. The molecule has 7 heteroatoms. The standard InChI is InChI=1S/C17H15Cl2N5/c18-12-6-7-13(19)14(8-12)24-17-15(20)16(22-10-23-17)21-9-11-4-2-1-3-5-11/h1-8,10H,9,20H2,(H2,21,22,23,24). The highest BCUT2D eigenvalue weighted by Crippen LogP contribution is 2.31. The van der Waals surface area contributed by atoms with Crippen LogP contribution in [-0.4, -0.2) is 9.97 Å². The number of nitrogens with zero attached hydrogens (tertiary/aromatic N) is 2.